The van der Waals surface area contributed by atoms with Crippen LogP contribution in [0.25, 0.3) is 0 Å². The second-order valence-corrected chi connectivity index (χ2v) is 5.80. The molecule has 94 valence electrons. The van der Waals surface area contributed by atoms with Crippen molar-refractivity contribution in [2.45, 2.75) is 51.6 Å². The SMILES string of the molecule is CCc1ccc(CN=C(N)NC2CCCC2)s1. The summed E-state index contributed by atoms with van der Waals surface area (Å²) in [5.74, 6) is 0.600. The average Bonchev–Trinajstić information content (AvgIpc) is 2.96. The number of aliphatic imine (C=N–C) groups is 1. The molecule has 0 amide bonds. The van der Waals surface area contributed by atoms with Crippen LogP contribution in [0, 0.1) is 0 Å². The van der Waals surface area contributed by atoms with Crippen LogP contribution in [0.1, 0.15) is 42.4 Å². The summed E-state index contributed by atoms with van der Waals surface area (Å²) in [6, 6.07) is 4.87. The zero-order valence-corrected chi connectivity index (χ0v) is 11.2. The monoisotopic (exact) mass is 251 g/mol. The third kappa shape index (κ3) is 3.73. The highest BCUT2D eigenvalue weighted by Crippen LogP contribution is 2.18. The summed E-state index contributed by atoms with van der Waals surface area (Å²) >= 11 is 1.83. The first-order valence-corrected chi connectivity index (χ1v) is 7.23. The lowest BCUT2D eigenvalue weighted by molar-refractivity contribution is 0.625. The lowest BCUT2D eigenvalue weighted by atomic mass is 10.2. The Labute approximate surface area is 107 Å². The molecule has 3 N–H and O–H groups in total. The Morgan fingerprint density at radius 3 is 2.76 bits per heavy atom. The van der Waals surface area contributed by atoms with Crippen molar-refractivity contribution in [2.24, 2.45) is 10.7 Å². The summed E-state index contributed by atoms with van der Waals surface area (Å²) in [6.07, 6.45) is 6.19. The molecule has 17 heavy (non-hydrogen) atoms. The van der Waals surface area contributed by atoms with Gasteiger partial charge in [0, 0.05) is 15.8 Å². The predicted molar refractivity (Wildman–Crippen MR) is 74.4 cm³/mol. The van der Waals surface area contributed by atoms with E-state index >= 15 is 0 Å². The molecule has 1 aliphatic carbocycles. The van der Waals surface area contributed by atoms with Crippen molar-refractivity contribution in [3.8, 4) is 0 Å². The number of nitrogens with one attached hydrogen (secondary N) is 1. The van der Waals surface area contributed by atoms with E-state index in [9.17, 15) is 0 Å². The van der Waals surface area contributed by atoms with Crippen molar-refractivity contribution in [3.05, 3.63) is 21.9 Å². The van der Waals surface area contributed by atoms with Gasteiger partial charge in [-0.2, -0.15) is 0 Å². The molecule has 1 heterocycles. The maximum absolute atomic E-state index is 5.88. The molecule has 0 bridgehead atoms. The van der Waals surface area contributed by atoms with E-state index in [0.29, 0.717) is 18.5 Å². The van der Waals surface area contributed by atoms with Gasteiger partial charge in [0.15, 0.2) is 5.96 Å². The second-order valence-electron chi connectivity index (χ2n) is 4.55. The van der Waals surface area contributed by atoms with Crippen LogP contribution in [-0.4, -0.2) is 12.0 Å². The first-order chi connectivity index (χ1) is 8.28. The van der Waals surface area contributed by atoms with Crippen LogP contribution in [0.2, 0.25) is 0 Å². The zero-order chi connectivity index (χ0) is 12.1. The molecule has 0 spiro atoms. The summed E-state index contributed by atoms with van der Waals surface area (Å²) in [5, 5.41) is 3.30. The van der Waals surface area contributed by atoms with E-state index in [2.05, 4.69) is 29.4 Å². The fourth-order valence-electron chi connectivity index (χ4n) is 2.19. The van der Waals surface area contributed by atoms with E-state index in [4.69, 9.17) is 5.73 Å². The third-order valence-corrected chi connectivity index (χ3v) is 4.39. The molecule has 0 aliphatic heterocycles. The Balaban J connectivity index is 1.82. The van der Waals surface area contributed by atoms with Crippen molar-refractivity contribution in [2.75, 3.05) is 0 Å². The summed E-state index contributed by atoms with van der Waals surface area (Å²) in [7, 11) is 0. The molecule has 1 saturated carbocycles. The molecule has 1 fully saturated rings. The molecule has 1 aromatic heterocycles. The zero-order valence-electron chi connectivity index (χ0n) is 10.4. The number of guanidine groups is 1. The molecule has 4 heteroatoms. The van der Waals surface area contributed by atoms with Crippen molar-refractivity contribution in [1.29, 1.82) is 0 Å². The molecule has 1 aromatic rings. The topological polar surface area (TPSA) is 50.4 Å². The summed E-state index contributed by atoms with van der Waals surface area (Å²) in [6.45, 7) is 2.88. The van der Waals surface area contributed by atoms with Gasteiger partial charge in [-0.25, -0.2) is 4.99 Å². The molecule has 0 unspecified atom stereocenters. The number of nitrogens with two attached hydrogens (primary N) is 1. The van der Waals surface area contributed by atoms with Gasteiger partial charge in [0.1, 0.15) is 0 Å². The lowest BCUT2D eigenvalue weighted by Gasteiger charge is -2.11. The minimum atomic E-state index is 0.549. The molecular formula is C13H21N3S. The summed E-state index contributed by atoms with van der Waals surface area (Å²) < 4.78 is 0. The summed E-state index contributed by atoms with van der Waals surface area (Å²) in [5.41, 5.74) is 5.88. The number of rotatable bonds is 4. The third-order valence-electron chi connectivity index (χ3n) is 3.18. The largest absolute Gasteiger partial charge is 0.370 e. The van der Waals surface area contributed by atoms with E-state index < -0.39 is 0 Å². The van der Waals surface area contributed by atoms with Crippen LogP contribution in [-0.2, 0) is 13.0 Å². The Bertz CT molecular complexity index is 378. The van der Waals surface area contributed by atoms with E-state index in [-0.39, 0.29) is 0 Å². The van der Waals surface area contributed by atoms with E-state index in [0.717, 1.165) is 6.42 Å². The maximum Gasteiger partial charge on any atom is 0.189 e. The molecule has 3 nitrogen and oxygen atoms in total. The van der Waals surface area contributed by atoms with Gasteiger partial charge in [0.25, 0.3) is 0 Å². The Kier molecular flexibility index (Phi) is 4.42. The highest BCUT2D eigenvalue weighted by molar-refractivity contribution is 7.11. The smallest absolute Gasteiger partial charge is 0.189 e. The molecule has 2 rings (SSSR count). The molecule has 0 radical (unpaired) electrons. The van der Waals surface area contributed by atoms with Crippen LogP contribution in [0.3, 0.4) is 0 Å². The lowest BCUT2D eigenvalue weighted by Crippen LogP contribution is -2.38. The fourth-order valence-corrected chi connectivity index (χ4v) is 3.07. The van der Waals surface area contributed by atoms with E-state index in [1.54, 1.807) is 0 Å². The van der Waals surface area contributed by atoms with Crippen molar-refractivity contribution in [3.63, 3.8) is 0 Å². The normalized spacial score (nSPS) is 17.6. The van der Waals surface area contributed by atoms with Crippen LogP contribution < -0.4 is 11.1 Å². The molecular weight excluding hydrogens is 230 g/mol. The van der Waals surface area contributed by atoms with Crippen molar-refractivity contribution in [1.82, 2.24) is 5.32 Å². The maximum atomic E-state index is 5.88. The van der Waals surface area contributed by atoms with Gasteiger partial charge >= 0.3 is 0 Å². The summed E-state index contributed by atoms with van der Waals surface area (Å²) in [4.78, 5) is 7.10. The van der Waals surface area contributed by atoms with Gasteiger partial charge in [-0.05, 0) is 31.4 Å². The second kappa shape index (κ2) is 6.05. The highest BCUT2D eigenvalue weighted by Gasteiger charge is 2.14. The van der Waals surface area contributed by atoms with Crippen molar-refractivity contribution < 1.29 is 0 Å². The number of thiophene rings is 1. The number of hydrogen-bond donors (Lipinski definition) is 2. The first kappa shape index (κ1) is 12.4. The minimum Gasteiger partial charge on any atom is -0.370 e. The predicted octanol–water partition coefficient (Wildman–Crippen LogP) is 2.66. The number of nitrogens with zero attached hydrogens (tertiary/aromatic N) is 1. The van der Waals surface area contributed by atoms with Gasteiger partial charge in [-0.15, -0.1) is 11.3 Å². The Morgan fingerprint density at radius 2 is 2.12 bits per heavy atom. The van der Waals surface area contributed by atoms with Gasteiger partial charge in [-0.1, -0.05) is 19.8 Å². The van der Waals surface area contributed by atoms with Crippen LogP contribution in [0.5, 0.6) is 0 Å². The Hall–Kier alpha value is -1.03. The van der Waals surface area contributed by atoms with Gasteiger partial charge in [0.05, 0.1) is 6.54 Å². The Morgan fingerprint density at radius 1 is 1.41 bits per heavy atom. The standard InChI is InChI=1S/C13H21N3S/c1-2-11-7-8-12(17-11)9-15-13(14)16-10-5-3-4-6-10/h7-8,10H,2-6,9H2,1H3,(H3,14,15,16). The average molecular weight is 251 g/mol. The van der Waals surface area contributed by atoms with E-state index in [1.165, 1.54) is 35.4 Å². The molecule has 1 aliphatic rings. The molecule has 0 saturated heterocycles. The number of hydrogen-bond acceptors (Lipinski definition) is 2. The van der Waals surface area contributed by atoms with Gasteiger partial charge in [0.2, 0.25) is 0 Å². The fraction of sp³-hybridized carbons (Fsp3) is 0.615. The highest BCUT2D eigenvalue weighted by atomic mass is 32.1. The van der Waals surface area contributed by atoms with Crippen LogP contribution in [0.4, 0.5) is 0 Å². The minimum absolute atomic E-state index is 0.549. The van der Waals surface area contributed by atoms with Gasteiger partial charge < -0.3 is 11.1 Å². The van der Waals surface area contributed by atoms with Crippen LogP contribution >= 0.6 is 11.3 Å². The molecule has 0 atom stereocenters. The van der Waals surface area contributed by atoms with E-state index in [1.807, 2.05) is 11.3 Å². The van der Waals surface area contributed by atoms with Crippen LogP contribution in [0.15, 0.2) is 17.1 Å². The van der Waals surface area contributed by atoms with Crippen molar-refractivity contribution >= 4 is 17.3 Å². The van der Waals surface area contributed by atoms with Gasteiger partial charge in [-0.3, -0.25) is 0 Å². The first-order valence-electron chi connectivity index (χ1n) is 6.42. The number of aryl methyl sites for hydroxylation is 1. The molecule has 0 aromatic carbocycles. The quantitative estimate of drug-likeness (QED) is 0.638.